The summed E-state index contributed by atoms with van der Waals surface area (Å²) in [6.45, 7) is 2.37. The Balaban J connectivity index is 1.64. The fourth-order valence-corrected chi connectivity index (χ4v) is 2.39. The van der Waals surface area contributed by atoms with Crippen LogP contribution in [0.3, 0.4) is 0 Å². The number of amides is 2. The molecule has 25 heavy (non-hydrogen) atoms. The van der Waals surface area contributed by atoms with Crippen LogP contribution in [0.2, 0.25) is 0 Å². The van der Waals surface area contributed by atoms with E-state index in [1.165, 1.54) is 0 Å². The zero-order chi connectivity index (χ0) is 17.6. The Hall–Kier alpha value is -3.35. The predicted octanol–water partition coefficient (Wildman–Crippen LogP) is 2.33. The molecule has 0 saturated heterocycles. The highest BCUT2D eigenvalue weighted by Gasteiger charge is 2.11. The number of ether oxygens (including phenoxy) is 1. The predicted molar refractivity (Wildman–Crippen MR) is 94.7 cm³/mol. The van der Waals surface area contributed by atoms with Crippen LogP contribution in [-0.4, -0.2) is 35.2 Å². The van der Waals surface area contributed by atoms with Crippen molar-refractivity contribution >= 4 is 28.4 Å². The van der Waals surface area contributed by atoms with E-state index in [0.717, 1.165) is 5.39 Å². The van der Waals surface area contributed by atoms with Gasteiger partial charge in [0.1, 0.15) is 5.75 Å². The molecule has 0 spiro atoms. The summed E-state index contributed by atoms with van der Waals surface area (Å²) in [5.74, 6) is 0.151. The summed E-state index contributed by atoms with van der Waals surface area (Å²) < 4.78 is 5.37. The van der Waals surface area contributed by atoms with Gasteiger partial charge in [-0.1, -0.05) is 12.1 Å². The Morgan fingerprint density at radius 3 is 2.72 bits per heavy atom. The lowest BCUT2D eigenvalue weighted by Gasteiger charge is -2.09. The first-order valence-electron chi connectivity index (χ1n) is 7.90. The molecule has 0 saturated carbocycles. The normalized spacial score (nSPS) is 10.4. The number of rotatable bonds is 6. The molecule has 0 bridgehead atoms. The minimum absolute atomic E-state index is 0.0403. The number of fused-ring (bicyclic) bond motifs is 1. The molecule has 3 rings (SSSR count). The zero-order valence-electron chi connectivity index (χ0n) is 13.7. The van der Waals surface area contributed by atoms with Crippen LogP contribution in [0, 0.1) is 0 Å². The molecule has 0 radical (unpaired) electrons. The van der Waals surface area contributed by atoms with Gasteiger partial charge in [-0.2, -0.15) is 5.10 Å². The number of aromatic nitrogens is 2. The number of H-pyrrole nitrogens is 1. The molecule has 2 aromatic carbocycles. The lowest BCUT2D eigenvalue weighted by molar-refractivity contribution is -0.122. The topological polar surface area (TPSA) is 96.1 Å². The summed E-state index contributed by atoms with van der Waals surface area (Å²) >= 11 is 0. The highest BCUT2D eigenvalue weighted by molar-refractivity contribution is 6.11. The van der Waals surface area contributed by atoms with Crippen molar-refractivity contribution < 1.29 is 14.3 Å². The molecule has 3 aromatic rings. The van der Waals surface area contributed by atoms with Crippen molar-refractivity contribution in [1.29, 1.82) is 0 Å². The lowest BCUT2D eigenvalue weighted by Crippen LogP contribution is -2.28. The maximum absolute atomic E-state index is 12.5. The van der Waals surface area contributed by atoms with Crippen LogP contribution < -0.4 is 15.4 Å². The van der Waals surface area contributed by atoms with Gasteiger partial charge in [-0.3, -0.25) is 14.7 Å². The Morgan fingerprint density at radius 1 is 1.16 bits per heavy atom. The van der Waals surface area contributed by atoms with E-state index >= 15 is 0 Å². The number of carbonyl (C=O) groups is 2. The van der Waals surface area contributed by atoms with Gasteiger partial charge in [-0.25, -0.2) is 0 Å². The Bertz CT molecular complexity index is 887. The quantitative estimate of drug-likeness (QED) is 0.643. The van der Waals surface area contributed by atoms with Gasteiger partial charge in [0.05, 0.1) is 17.3 Å². The van der Waals surface area contributed by atoms with Gasteiger partial charge in [-0.15, -0.1) is 0 Å². The first kappa shape index (κ1) is 16.5. The van der Waals surface area contributed by atoms with Crippen LogP contribution in [0.5, 0.6) is 5.75 Å². The Morgan fingerprint density at radius 2 is 1.96 bits per heavy atom. The number of hydrogen-bond acceptors (Lipinski definition) is 4. The average molecular weight is 338 g/mol. The van der Waals surface area contributed by atoms with Crippen LogP contribution in [0.25, 0.3) is 10.9 Å². The number of hydrogen-bond donors (Lipinski definition) is 3. The first-order valence-corrected chi connectivity index (χ1v) is 7.90. The second-order valence-corrected chi connectivity index (χ2v) is 5.36. The van der Waals surface area contributed by atoms with Crippen molar-refractivity contribution in [3.8, 4) is 5.75 Å². The smallest absolute Gasteiger partial charge is 0.257 e. The first-order chi connectivity index (χ1) is 12.2. The minimum atomic E-state index is -0.231. The number of nitrogens with zero attached hydrogens (tertiary/aromatic N) is 1. The van der Waals surface area contributed by atoms with Gasteiger partial charge in [0, 0.05) is 17.6 Å². The third-order valence-corrected chi connectivity index (χ3v) is 3.58. The largest absolute Gasteiger partial charge is 0.484 e. The molecule has 0 aliphatic carbocycles. The molecule has 7 nitrogen and oxygen atoms in total. The van der Waals surface area contributed by atoms with Crippen molar-refractivity contribution in [3.05, 3.63) is 54.2 Å². The molecule has 0 aliphatic heterocycles. The van der Waals surface area contributed by atoms with Gasteiger partial charge in [0.15, 0.2) is 6.61 Å². The van der Waals surface area contributed by atoms with E-state index in [4.69, 9.17) is 4.74 Å². The minimum Gasteiger partial charge on any atom is -0.484 e. The molecule has 0 atom stereocenters. The summed E-state index contributed by atoms with van der Waals surface area (Å²) in [5, 5.41) is 13.2. The number of nitrogens with one attached hydrogen (secondary N) is 3. The number of carbonyl (C=O) groups excluding carboxylic acids is 2. The van der Waals surface area contributed by atoms with Crippen LogP contribution in [0.4, 0.5) is 5.69 Å². The summed E-state index contributed by atoms with van der Waals surface area (Å²) in [4.78, 5) is 23.8. The SMILES string of the molecule is CCNC(=O)COc1ccc(NC(=O)c2cccc3cn[nH]c23)cc1. The van der Waals surface area contributed by atoms with Crippen LogP contribution in [-0.2, 0) is 4.79 Å². The van der Waals surface area contributed by atoms with Crippen molar-refractivity contribution in [3.63, 3.8) is 0 Å². The number of likely N-dealkylation sites (N-methyl/N-ethyl adjacent to an activating group) is 1. The van der Waals surface area contributed by atoms with Gasteiger partial charge >= 0.3 is 0 Å². The maximum atomic E-state index is 12.5. The van der Waals surface area contributed by atoms with Gasteiger partial charge in [0.2, 0.25) is 0 Å². The average Bonchev–Trinajstić information content (AvgIpc) is 3.10. The van der Waals surface area contributed by atoms with Gasteiger partial charge < -0.3 is 15.4 Å². The molecular formula is C18H18N4O3. The monoisotopic (exact) mass is 338 g/mol. The number of benzene rings is 2. The third kappa shape index (κ3) is 3.95. The van der Waals surface area contributed by atoms with Crippen molar-refractivity contribution in [2.75, 3.05) is 18.5 Å². The maximum Gasteiger partial charge on any atom is 0.257 e. The number of aromatic amines is 1. The van der Waals surface area contributed by atoms with E-state index in [1.807, 2.05) is 19.1 Å². The molecule has 0 aliphatic rings. The molecular weight excluding hydrogens is 320 g/mol. The standard InChI is InChI=1S/C18H18N4O3/c1-2-19-16(23)11-25-14-8-6-13(7-9-14)21-18(24)15-5-3-4-12-10-20-22-17(12)15/h3-10H,2,11H2,1H3,(H,19,23)(H,20,22)(H,21,24). The van der Waals surface area contributed by atoms with Crippen molar-refractivity contribution in [2.24, 2.45) is 0 Å². The Labute approximate surface area is 144 Å². The second-order valence-electron chi connectivity index (χ2n) is 5.36. The van der Waals surface area contributed by atoms with E-state index in [0.29, 0.717) is 29.1 Å². The van der Waals surface area contributed by atoms with E-state index < -0.39 is 0 Å². The van der Waals surface area contributed by atoms with Crippen LogP contribution in [0.15, 0.2) is 48.7 Å². The van der Waals surface area contributed by atoms with Crippen LogP contribution in [0.1, 0.15) is 17.3 Å². The Kier molecular flexibility index (Phi) is 4.94. The van der Waals surface area contributed by atoms with E-state index in [9.17, 15) is 9.59 Å². The van der Waals surface area contributed by atoms with Gasteiger partial charge in [0.25, 0.3) is 11.8 Å². The fourth-order valence-electron chi connectivity index (χ4n) is 2.39. The van der Waals surface area contributed by atoms with E-state index in [2.05, 4.69) is 20.8 Å². The van der Waals surface area contributed by atoms with Crippen LogP contribution >= 0.6 is 0 Å². The molecule has 1 heterocycles. The molecule has 3 N–H and O–H groups in total. The van der Waals surface area contributed by atoms with E-state index in [-0.39, 0.29) is 18.4 Å². The number of anilines is 1. The highest BCUT2D eigenvalue weighted by Crippen LogP contribution is 2.19. The van der Waals surface area contributed by atoms with Gasteiger partial charge in [-0.05, 0) is 37.3 Å². The summed E-state index contributed by atoms with van der Waals surface area (Å²) in [6, 6.07) is 12.3. The third-order valence-electron chi connectivity index (χ3n) is 3.58. The molecule has 7 heteroatoms. The number of para-hydroxylation sites is 1. The molecule has 128 valence electrons. The summed E-state index contributed by atoms with van der Waals surface area (Å²) in [5.41, 5.74) is 1.85. The van der Waals surface area contributed by atoms with Crippen molar-refractivity contribution in [1.82, 2.24) is 15.5 Å². The lowest BCUT2D eigenvalue weighted by atomic mass is 10.1. The van der Waals surface area contributed by atoms with E-state index in [1.54, 1.807) is 36.5 Å². The molecule has 1 aromatic heterocycles. The fraction of sp³-hybridized carbons (Fsp3) is 0.167. The molecule has 0 unspecified atom stereocenters. The van der Waals surface area contributed by atoms with Crippen molar-refractivity contribution in [2.45, 2.75) is 6.92 Å². The second kappa shape index (κ2) is 7.48. The zero-order valence-corrected chi connectivity index (χ0v) is 13.7. The molecule has 2 amide bonds. The highest BCUT2D eigenvalue weighted by atomic mass is 16.5. The summed E-state index contributed by atoms with van der Waals surface area (Å²) in [6.07, 6.45) is 1.67. The summed E-state index contributed by atoms with van der Waals surface area (Å²) in [7, 11) is 0. The molecule has 0 fully saturated rings.